The minimum absolute atomic E-state index is 0.00144. The summed E-state index contributed by atoms with van der Waals surface area (Å²) in [6.45, 7) is 2.37. The molecule has 6 nitrogen and oxygen atoms in total. The highest BCUT2D eigenvalue weighted by atomic mass is 16.6. The van der Waals surface area contributed by atoms with Gasteiger partial charge in [0.25, 0.3) is 5.91 Å². The lowest BCUT2D eigenvalue weighted by atomic mass is 10.1. The highest BCUT2D eigenvalue weighted by Crippen LogP contribution is 2.25. The Labute approximate surface area is 92.6 Å². The normalized spacial score (nSPS) is 9.81. The number of nitro benzene ring substituents is 1. The molecular formula is C10H13N3O3. The second kappa shape index (κ2) is 5.11. The molecule has 0 aromatic heterocycles. The number of hydrogen-bond donors (Lipinski definition) is 2. The van der Waals surface area contributed by atoms with Crippen molar-refractivity contribution in [3.8, 4) is 0 Å². The van der Waals surface area contributed by atoms with Gasteiger partial charge in [0.05, 0.1) is 4.92 Å². The highest BCUT2D eigenvalue weighted by molar-refractivity contribution is 6.00. The van der Waals surface area contributed by atoms with E-state index in [1.54, 1.807) is 0 Å². The molecule has 0 heterocycles. The predicted molar refractivity (Wildman–Crippen MR) is 60.1 cm³/mol. The van der Waals surface area contributed by atoms with Crippen molar-refractivity contribution in [3.63, 3.8) is 0 Å². The molecule has 86 valence electrons. The molecule has 0 spiro atoms. The van der Waals surface area contributed by atoms with Crippen molar-refractivity contribution in [2.45, 2.75) is 13.3 Å². The summed E-state index contributed by atoms with van der Waals surface area (Å²) in [4.78, 5) is 21.7. The van der Waals surface area contributed by atoms with Crippen LogP contribution in [0.4, 0.5) is 11.4 Å². The topological polar surface area (TPSA) is 98.3 Å². The number of carbonyl (C=O) groups is 1. The van der Waals surface area contributed by atoms with E-state index in [2.05, 4.69) is 5.32 Å². The van der Waals surface area contributed by atoms with E-state index in [1.165, 1.54) is 18.2 Å². The van der Waals surface area contributed by atoms with Crippen LogP contribution in [0.3, 0.4) is 0 Å². The zero-order valence-electron chi connectivity index (χ0n) is 8.90. The number of amides is 1. The van der Waals surface area contributed by atoms with E-state index < -0.39 is 10.8 Å². The maximum Gasteiger partial charge on any atom is 0.304 e. The molecule has 0 atom stereocenters. The Hall–Kier alpha value is -2.11. The first-order valence-electron chi connectivity index (χ1n) is 4.89. The number of rotatable bonds is 4. The summed E-state index contributed by atoms with van der Waals surface area (Å²) in [5.74, 6) is -0.471. The summed E-state index contributed by atoms with van der Waals surface area (Å²) in [6, 6.07) is 4.30. The van der Waals surface area contributed by atoms with E-state index in [0.717, 1.165) is 6.42 Å². The van der Waals surface area contributed by atoms with Crippen molar-refractivity contribution in [1.82, 2.24) is 5.32 Å². The minimum atomic E-state index is -0.643. The van der Waals surface area contributed by atoms with Crippen molar-refractivity contribution in [3.05, 3.63) is 33.9 Å². The average Bonchev–Trinajstić information content (AvgIpc) is 2.24. The van der Waals surface area contributed by atoms with Crippen LogP contribution in [0.2, 0.25) is 0 Å². The fraction of sp³-hybridized carbons (Fsp3) is 0.300. The van der Waals surface area contributed by atoms with Crippen molar-refractivity contribution in [2.24, 2.45) is 0 Å². The van der Waals surface area contributed by atoms with Gasteiger partial charge in [0.1, 0.15) is 11.3 Å². The van der Waals surface area contributed by atoms with Gasteiger partial charge in [0, 0.05) is 6.54 Å². The van der Waals surface area contributed by atoms with Crippen LogP contribution in [0.5, 0.6) is 0 Å². The molecule has 1 rings (SSSR count). The van der Waals surface area contributed by atoms with Crippen LogP contribution in [0, 0.1) is 10.1 Å². The molecule has 0 saturated carbocycles. The van der Waals surface area contributed by atoms with Gasteiger partial charge in [-0.3, -0.25) is 14.9 Å². The van der Waals surface area contributed by atoms with Crippen LogP contribution < -0.4 is 11.1 Å². The maximum absolute atomic E-state index is 11.6. The number of nitrogens with one attached hydrogen (secondary N) is 1. The molecule has 3 N–H and O–H groups in total. The van der Waals surface area contributed by atoms with E-state index in [0.29, 0.717) is 6.54 Å². The Morgan fingerprint density at radius 1 is 1.56 bits per heavy atom. The van der Waals surface area contributed by atoms with Gasteiger partial charge < -0.3 is 11.1 Å². The molecule has 6 heteroatoms. The fourth-order valence-corrected chi connectivity index (χ4v) is 1.28. The summed E-state index contributed by atoms with van der Waals surface area (Å²) < 4.78 is 0. The molecule has 0 saturated heterocycles. The molecule has 1 amide bonds. The lowest BCUT2D eigenvalue weighted by molar-refractivity contribution is -0.384. The zero-order valence-corrected chi connectivity index (χ0v) is 8.90. The molecular weight excluding hydrogens is 210 g/mol. The molecule has 0 radical (unpaired) electrons. The Balaban J connectivity index is 3.08. The first-order chi connectivity index (χ1) is 7.57. The second-order valence-electron chi connectivity index (χ2n) is 3.26. The molecule has 0 aliphatic carbocycles. The van der Waals surface area contributed by atoms with Gasteiger partial charge >= 0.3 is 5.69 Å². The highest BCUT2D eigenvalue weighted by Gasteiger charge is 2.22. The summed E-state index contributed by atoms with van der Waals surface area (Å²) in [5.41, 5.74) is 5.12. The number of carbonyl (C=O) groups excluding carboxylic acids is 1. The number of nitrogens with two attached hydrogens (primary N) is 1. The third-order valence-corrected chi connectivity index (χ3v) is 2.03. The third kappa shape index (κ3) is 2.47. The summed E-state index contributed by atoms with van der Waals surface area (Å²) in [5, 5.41) is 13.3. The van der Waals surface area contributed by atoms with Crippen LogP contribution in [0.25, 0.3) is 0 Å². The number of nitrogen functional groups attached to an aromatic ring is 1. The first kappa shape index (κ1) is 12.0. The summed E-state index contributed by atoms with van der Waals surface area (Å²) in [6.07, 6.45) is 0.766. The standard InChI is InChI=1S/C10H13N3O3/c1-2-6-12-10(14)7-4-3-5-8(11)9(7)13(15)16/h3-5H,2,6,11H2,1H3,(H,12,14). The van der Waals surface area contributed by atoms with Crippen LogP contribution >= 0.6 is 0 Å². The minimum Gasteiger partial charge on any atom is -0.393 e. The number of para-hydroxylation sites is 1. The Morgan fingerprint density at radius 3 is 2.81 bits per heavy atom. The largest absolute Gasteiger partial charge is 0.393 e. The van der Waals surface area contributed by atoms with Crippen molar-refractivity contribution >= 4 is 17.3 Å². The Kier molecular flexibility index (Phi) is 3.82. The number of nitrogens with zero attached hydrogens (tertiary/aromatic N) is 1. The number of anilines is 1. The second-order valence-corrected chi connectivity index (χ2v) is 3.26. The van der Waals surface area contributed by atoms with E-state index in [-0.39, 0.29) is 16.9 Å². The van der Waals surface area contributed by atoms with Gasteiger partial charge in [-0.05, 0) is 18.6 Å². The van der Waals surface area contributed by atoms with Crippen LogP contribution in [-0.2, 0) is 0 Å². The molecule has 0 bridgehead atoms. The van der Waals surface area contributed by atoms with Gasteiger partial charge in [-0.1, -0.05) is 13.0 Å². The van der Waals surface area contributed by atoms with Gasteiger partial charge in [-0.25, -0.2) is 0 Å². The fourth-order valence-electron chi connectivity index (χ4n) is 1.28. The van der Waals surface area contributed by atoms with Crippen molar-refractivity contribution < 1.29 is 9.72 Å². The lowest BCUT2D eigenvalue weighted by Crippen LogP contribution is -2.25. The molecule has 1 aromatic carbocycles. The van der Waals surface area contributed by atoms with E-state index in [9.17, 15) is 14.9 Å². The molecule has 16 heavy (non-hydrogen) atoms. The molecule has 0 unspecified atom stereocenters. The van der Waals surface area contributed by atoms with E-state index >= 15 is 0 Å². The Morgan fingerprint density at radius 2 is 2.25 bits per heavy atom. The molecule has 0 fully saturated rings. The van der Waals surface area contributed by atoms with Gasteiger partial charge in [-0.15, -0.1) is 0 Å². The summed E-state index contributed by atoms with van der Waals surface area (Å²) in [7, 11) is 0. The number of benzene rings is 1. The van der Waals surface area contributed by atoms with Crippen molar-refractivity contribution in [2.75, 3.05) is 12.3 Å². The first-order valence-corrected chi connectivity index (χ1v) is 4.89. The molecule has 1 aromatic rings. The smallest absolute Gasteiger partial charge is 0.304 e. The number of nitro groups is 1. The number of hydrogen-bond acceptors (Lipinski definition) is 4. The van der Waals surface area contributed by atoms with Gasteiger partial charge in [-0.2, -0.15) is 0 Å². The van der Waals surface area contributed by atoms with Crippen LogP contribution in [0.15, 0.2) is 18.2 Å². The van der Waals surface area contributed by atoms with E-state index in [4.69, 9.17) is 5.73 Å². The lowest BCUT2D eigenvalue weighted by Gasteiger charge is -2.05. The van der Waals surface area contributed by atoms with Crippen LogP contribution in [0.1, 0.15) is 23.7 Å². The van der Waals surface area contributed by atoms with Gasteiger partial charge in [0.2, 0.25) is 0 Å². The predicted octanol–water partition coefficient (Wildman–Crippen LogP) is 1.32. The van der Waals surface area contributed by atoms with Crippen molar-refractivity contribution in [1.29, 1.82) is 0 Å². The average molecular weight is 223 g/mol. The molecule has 0 aliphatic heterocycles. The zero-order chi connectivity index (χ0) is 12.1. The monoisotopic (exact) mass is 223 g/mol. The molecule has 0 aliphatic rings. The van der Waals surface area contributed by atoms with Crippen LogP contribution in [-0.4, -0.2) is 17.4 Å². The Bertz CT molecular complexity index is 418. The maximum atomic E-state index is 11.6. The quantitative estimate of drug-likeness (QED) is 0.456. The third-order valence-electron chi connectivity index (χ3n) is 2.03. The van der Waals surface area contributed by atoms with E-state index in [1.807, 2.05) is 6.92 Å². The van der Waals surface area contributed by atoms with Gasteiger partial charge in [0.15, 0.2) is 0 Å². The SMILES string of the molecule is CCCNC(=O)c1cccc(N)c1[N+](=O)[O-]. The summed E-state index contributed by atoms with van der Waals surface area (Å²) >= 11 is 0.